The number of likely N-dealkylation sites (N-methyl/N-ethyl adjacent to an activating group) is 1. The molecular formula is C17H23N3O3S. The highest BCUT2D eigenvalue weighted by molar-refractivity contribution is 7.13. The number of ether oxygens (including phenoxy) is 1. The first-order chi connectivity index (χ1) is 11.2. The summed E-state index contributed by atoms with van der Waals surface area (Å²) < 4.78 is 5.34. The maximum atomic E-state index is 12.0. The van der Waals surface area contributed by atoms with E-state index in [1.54, 1.807) is 24.5 Å². The van der Waals surface area contributed by atoms with Crippen LogP contribution in [0, 0.1) is 6.92 Å². The summed E-state index contributed by atoms with van der Waals surface area (Å²) in [7, 11) is 1.68. The molecular weight excluding hydrogens is 326 g/mol. The summed E-state index contributed by atoms with van der Waals surface area (Å²) in [5.74, 6) is 0. The van der Waals surface area contributed by atoms with Crippen molar-refractivity contribution in [1.29, 1.82) is 0 Å². The summed E-state index contributed by atoms with van der Waals surface area (Å²) in [6.45, 7) is 7.95. The number of carbonyl (C=O) groups is 1. The maximum absolute atomic E-state index is 12.0. The van der Waals surface area contributed by atoms with Gasteiger partial charge in [0.25, 0.3) is 5.56 Å². The lowest BCUT2D eigenvalue weighted by Gasteiger charge is -2.24. The molecule has 0 radical (unpaired) electrons. The molecule has 0 saturated heterocycles. The highest BCUT2D eigenvalue weighted by Gasteiger charge is 2.20. The number of nitrogens with zero attached hydrogens (tertiary/aromatic N) is 2. The lowest BCUT2D eigenvalue weighted by Crippen LogP contribution is -2.35. The van der Waals surface area contributed by atoms with Crippen molar-refractivity contribution < 1.29 is 9.53 Å². The quantitative estimate of drug-likeness (QED) is 0.919. The molecule has 0 atom stereocenters. The molecule has 0 bridgehead atoms. The third-order valence-electron chi connectivity index (χ3n) is 3.27. The normalized spacial score (nSPS) is 11.4. The fourth-order valence-corrected chi connectivity index (χ4v) is 3.04. The van der Waals surface area contributed by atoms with Crippen LogP contribution in [0.25, 0.3) is 10.6 Å². The molecule has 7 heteroatoms. The molecule has 2 aromatic rings. The number of aromatic amines is 1. The zero-order valence-electron chi connectivity index (χ0n) is 14.7. The van der Waals surface area contributed by atoms with Crippen LogP contribution in [0.3, 0.4) is 0 Å². The van der Waals surface area contributed by atoms with Crippen molar-refractivity contribution in [1.82, 2.24) is 15.1 Å². The highest BCUT2D eigenvalue weighted by atomic mass is 32.1. The van der Waals surface area contributed by atoms with Crippen LogP contribution in [-0.4, -0.2) is 40.4 Å². The van der Waals surface area contributed by atoms with Crippen molar-refractivity contribution in [2.24, 2.45) is 0 Å². The van der Waals surface area contributed by atoms with Crippen molar-refractivity contribution in [3.05, 3.63) is 39.0 Å². The van der Waals surface area contributed by atoms with Crippen LogP contribution in [0.2, 0.25) is 0 Å². The van der Waals surface area contributed by atoms with Gasteiger partial charge in [-0.05, 0) is 56.7 Å². The summed E-state index contributed by atoms with van der Waals surface area (Å²) >= 11 is 1.58. The number of nitrogens with one attached hydrogen (secondary N) is 1. The van der Waals surface area contributed by atoms with E-state index >= 15 is 0 Å². The summed E-state index contributed by atoms with van der Waals surface area (Å²) in [6.07, 6.45) is 0.146. The van der Waals surface area contributed by atoms with Crippen molar-refractivity contribution in [2.75, 3.05) is 13.6 Å². The predicted octanol–water partition coefficient (Wildman–Crippen LogP) is 3.22. The second-order valence-electron chi connectivity index (χ2n) is 6.75. The number of carbonyl (C=O) groups excluding carboxylic acids is 1. The number of rotatable bonds is 4. The zero-order chi connectivity index (χ0) is 17.9. The Hall–Kier alpha value is -2.15. The van der Waals surface area contributed by atoms with E-state index in [4.69, 9.17) is 4.74 Å². The van der Waals surface area contributed by atoms with Crippen LogP contribution < -0.4 is 5.56 Å². The van der Waals surface area contributed by atoms with Gasteiger partial charge in [0.2, 0.25) is 0 Å². The molecule has 0 aliphatic heterocycles. The fourth-order valence-electron chi connectivity index (χ4n) is 2.12. The van der Waals surface area contributed by atoms with E-state index in [2.05, 4.69) is 10.2 Å². The van der Waals surface area contributed by atoms with Gasteiger partial charge in [-0.1, -0.05) is 0 Å². The number of hydrogen-bond donors (Lipinski definition) is 1. The molecule has 130 valence electrons. The molecule has 0 fully saturated rings. The molecule has 0 unspecified atom stereocenters. The van der Waals surface area contributed by atoms with E-state index in [0.717, 1.165) is 21.7 Å². The summed E-state index contributed by atoms with van der Waals surface area (Å²) in [6, 6.07) is 3.58. The Balaban J connectivity index is 2.13. The van der Waals surface area contributed by atoms with Crippen LogP contribution in [-0.2, 0) is 11.2 Å². The number of hydrogen-bond acceptors (Lipinski definition) is 5. The van der Waals surface area contributed by atoms with Gasteiger partial charge in [-0.25, -0.2) is 9.89 Å². The largest absolute Gasteiger partial charge is 0.444 e. The lowest BCUT2D eigenvalue weighted by atomic mass is 10.1. The molecule has 2 rings (SSSR count). The molecule has 24 heavy (non-hydrogen) atoms. The standard InChI is InChI=1S/C17H23N3O3S/c1-11-8-13(24-10-11)15-12(9-14(21)18-19-15)6-7-20(5)16(22)23-17(2,3)4/h8-10H,6-7H2,1-5H3,(H,18,21). The monoisotopic (exact) mass is 349 g/mol. The number of aryl methyl sites for hydroxylation is 1. The summed E-state index contributed by atoms with van der Waals surface area (Å²) in [4.78, 5) is 26.2. The Kier molecular flexibility index (Phi) is 5.43. The van der Waals surface area contributed by atoms with Crippen LogP contribution >= 0.6 is 11.3 Å². The Labute approximate surface area is 145 Å². The number of aromatic nitrogens is 2. The second kappa shape index (κ2) is 7.17. The summed E-state index contributed by atoms with van der Waals surface area (Å²) in [5.41, 5.74) is 1.94. The third kappa shape index (κ3) is 4.92. The van der Waals surface area contributed by atoms with Gasteiger partial charge in [-0.15, -0.1) is 11.3 Å². The average molecular weight is 349 g/mol. The lowest BCUT2D eigenvalue weighted by molar-refractivity contribution is 0.0301. The van der Waals surface area contributed by atoms with Gasteiger partial charge in [0.15, 0.2) is 0 Å². The van der Waals surface area contributed by atoms with Gasteiger partial charge >= 0.3 is 6.09 Å². The van der Waals surface area contributed by atoms with Gasteiger partial charge in [0, 0.05) is 19.7 Å². The highest BCUT2D eigenvalue weighted by Crippen LogP contribution is 2.27. The number of H-pyrrole nitrogens is 1. The molecule has 0 aliphatic carbocycles. The fraction of sp³-hybridized carbons (Fsp3) is 0.471. The van der Waals surface area contributed by atoms with Crippen molar-refractivity contribution >= 4 is 17.4 Å². The number of thiophene rings is 1. The molecule has 0 saturated carbocycles. The Morgan fingerprint density at radius 1 is 1.38 bits per heavy atom. The van der Waals surface area contributed by atoms with Gasteiger partial charge in [-0.3, -0.25) is 4.79 Å². The smallest absolute Gasteiger partial charge is 0.410 e. The van der Waals surface area contributed by atoms with Crippen LogP contribution in [0.1, 0.15) is 31.9 Å². The van der Waals surface area contributed by atoms with Crippen molar-refractivity contribution in [3.63, 3.8) is 0 Å². The van der Waals surface area contributed by atoms with Crippen LogP contribution in [0.5, 0.6) is 0 Å². The van der Waals surface area contributed by atoms with Gasteiger partial charge in [0.1, 0.15) is 11.3 Å². The number of amides is 1. The predicted molar refractivity (Wildman–Crippen MR) is 95.5 cm³/mol. The van der Waals surface area contributed by atoms with E-state index in [-0.39, 0.29) is 11.7 Å². The third-order valence-corrected chi connectivity index (χ3v) is 4.33. The molecule has 0 aliphatic rings. The Morgan fingerprint density at radius 3 is 2.67 bits per heavy atom. The molecule has 1 N–H and O–H groups in total. The molecule has 1 amide bonds. The van der Waals surface area contributed by atoms with Gasteiger partial charge in [0.05, 0.1) is 4.88 Å². The molecule has 6 nitrogen and oxygen atoms in total. The molecule has 0 aromatic carbocycles. The first-order valence-corrected chi connectivity index (χ1v) is 8.62. The Morgan fingerprint density at radius 2 is 2.08 bits per heavy atom. The van der Waals surface area contributed by atoms with E-state index in [0.29, 0.717) is 13.0 Å². The minimum absolute atomic E-state index is 0.248. The molecule has 2 heterocycles. The average Bonchev–Trinajstić information content (AvgIpc) is 2.89. The first-order valence-electron chi connectivity index (χ1n) is 7.74. The van der Waals surface area contributed by atoms with Gasteiger partial charge in [-0.2, -0.15) is 5.10 Å². The van der Waals surface area contributed by atoms with Crippen molar-refractivity contribution in [2.45, 2.75) is 39.7 Å². The van der Waals surface area contributed by atoms with E-state index in [9.17, 15) is 9.59 Å². The van der Waals surface area contributed by atoms with Crippen LogP contribution in [0.4, 0.5) is 4.79 Å². The van der Waals surface area contributed by atoms with Gasteiger partial charge < -0.3 is 9.64 Å². The minimum atomic E-state index is -0.531. The SMILES string of the molecule is Cc1csc(-c2n[nH]c(=O)cc2CCN(C)C(=O)OC(C)(C)C)c1. The van der Waals surface area contributed by atoms with Crippen molar-refractivity contribution in [3.8, 4) is 10.6 Å². The first kappa shape index (κ1) is 18.2. The van der Waals surface area contributed by atoms with E-state index < -0.39 is 5.60 Å². The molecule has 2 aromatic heterocycles. The summed E-state index contributed by atoms with van der Waals surface area (Å²) in [5, 5.41) is 8.71. The molecule has 0 spiro atoms. The minimum Gasteiger partial charge on any atom is -0.444 e. The van der Waals surface area contributed by atoms with E-state index in [1.165, 1.54) is 4.90 Å². The second-order valence-corrected chi connectivity index (χ2v) is 7.66. The Bertz CT molecular complexity index is 774. The zero-order valence-corrected chi connectivity index (χ0v) is 15.5. The van der Waals surface area contributed by atoms with Crippen LogP contribution in [0.15, 0.2) is 22.3 Å². The maximum Gasteiger partial charge on any atom is 0.410 e. The topological polar surface area (TPSA) is 75.3 Å². The van der Waals surface area contributed by atoms with E-state index in [1.807, 2.05) is 39.1 Å².